The number of thioether (sulfide) groups is 1. The molecule has 1 fully saturated rings. The summed E-state index contributed by atoms with van der Waals surface area (Å²) in [6.45, 7) is 2.89. The molecule has 1 aliphatic heterocycles. The standard InChI is InChI=1S/C30H34N6O4S/c1-3-31-29(38)32-17-24-6-4-5-7-26(24)21-12-14-23(15-13-21)28-39-25(19-41-30-33-34-35-36(30)2)16-27(40-28)22-10-8-20(18-37)9-11-22/h4-15,25,27-28,37H,3,16-19H2,1-2H3,(H2,31,32,38). The van der Waals surface area contributed by atoms with Gasteiger partial charge in [0.1, 0.15) is 0 Å². The Labute approximate surface area is 243 Å². The highest BCUT2D eigenvalue weighted by atomic mass is 32.2. The highest BCUT2D eigenvalue weighted by Gasteiger charge is 2.32. The minimum absolute atomic E-state index is 0.0000169. The summed E-state index contributed by atoms with van der Waals surface area (Å²) in [6.07, 6.45) is -0.153. The van der Waals surface area contributed by atoms with Crippen molar-refractivity contribution in [1.29, 1.82) is 0 Å². The number of ether oxygens (including phenoxy) is 2. The van der Waals surface area contributed by atoms with E-state index in [9.17, 15) is 9.90 Å². The Balaban J connectivity index is 1.34. The quantitative estimate of drug-likeness (QED) is 0.236. The number of amides is 2. The third kappa shape index (κ3) is 7.31. The molecule has 0 spiro atoms. The van der Waals surface area contributed by atoms with Crippen LogP contribution in [0, 0.1) is 0 Å². The minimum atomic E-state index is -0.557. The van der Waals surface area contributed by atoms with Crippen LogP contribution in [0.5, 0.6) is 0 Å². The Kier molecular flexibility index (Phi) is 9.63. The van der Waals surface area contributed by atoms with Crippen LogP contribution in [0.4, 0.5) is 4.79 Å². The van der Waals surface area contributed by atoms with Gasteiger partial charge in [0.05, 0.1) is 18.8 Å². The smallest absolute Gasteiger partial charge is 0.315 e. The molecule has 3 atom stereocenters. The molecule has 3 aromatic carbocycles. The van der Waals surface area contributed by atoms with E-state index in [-0.39, 0.29) is 24.8 Å². The predicted molar refractivity (Wildman–Crippen MR) is 156 cm³/mol. The number of aryl methyl sites for hydroxylation is 1. The number of aliphatic hydroxyl groups is 1. The number of benzene rings is 3. The lowest BCUT2D eigenvalue weighted by Crippen LogP contribution is -2.34. The number of carbonyl (C=O) groups excluding carboxylic acids is 1. The van der Waals surface area contributed by atoms with E-state index in [1.54, 1.807) is 16.4 Å². The van der Waals surface area contributed by atoms with Crippen molar-refractivity contribution in [1.82, 2.24) is 30.8 Å². The second-order valence-corrected chi connectivity index (χ2v) is 10.7. The van der Waals surface area contributed by atoms with E-state index in [0.717, 1.165) is 38.5 Å². The molecule has 5 rings (SSSR count). The zero-order valence-electron chi connectivity index (χ0n) is 23.1. The largest absolute Gasteiger partial charge is 0.392 e. The summed E-state index contributed by atoms with van der Waals surface area (Å²) in [6, 6.07) is 23.9. The van der Waals surface area contributed by atoms with Crippen molar-refractivity contribution >= 4 is 17.8 Å². The molecule has 0 radical (unpaired) electrons. The van der Waals surface area contributed by atoms with Crippen LogP contribution in [0.1, 0.15) is 48.0 Å². The molecule has 0 saturated carbocycles. The first-order valence-electron chi connectivity index (χ1n) is 13.6. The van der Waals surface area contributed by atoms with Crippen molar-refractivity contribution in [2.45, 2.75) is 50.2 Å². The Morgan fingerprint density at radius 1 is 1.02 bits per heavy atom. The van der Waals surface area contributed by atoms with E-state index < -0.39 is 6.29 Å². The molecule has 1 aromatic heterocycles. The lowest BCUT2D eigenvalue weighted by atomic mass is 9.98. The Hall–Kier alpha value is -3.77. The summed E-state index contributed by atoms with van der Waals surface area (Å²) in [5.41, 5.74) is 5.93. The maximum atomic E-state index is 11.9. The number of rotatable bonds is 10. The Bertz CT molecular complexity index is 1430. The lowest BCUT2D eigenvalue weighted by Gasteiger charge is -2.36. The number of tetrazole rings is 1. The van der Waals surface area contributed by atoms with Gasteiger partial charge < -0.3 is 25.2 Å². The van der Waals surface area contributed by atoms with Crippen molar-refractivity contribution in [3.8, 4) is 11.1 Å². The molecule has 10 nitrogen and oxygen atoms in total. The van der Waals surface area contributed by atoms with Crippen LogP contribution in [-0.2, 0) is 29.7 Å². The molecule has 1 saturated heterocycles. The van der Waals surface area contributed by atoms with E-state index >= 15 is 0 Å². The third-order valence-electron chi connectivity index (χ3n) is 6.88. The first-order valence-corrected chi connectivity index (χ1v) is 14.6. The SMILES string of the molecule is CCNC(=O)NCc1ccccc1-c1ccc(C2OC(CSc3nnnn3C)CC(c3ccc(CO)cc3)O2)cc1. The van der Waals surface area contributed by atoms with Gasteiger partial charge in [-0.05, 0) is 45.2 Å². The fraction of sp³-hybridized carbons (Fsp3) is 0.333. The highest BCUT2D eigenvalue weighted by Crippen LogP contribution is 2.39. The zero-order valence-corrected chi connectivity index (χ0v) is 23.9. The fourth-order valence-corrected chi connectivity index (χ4v) is 5.58. The molecule has 2 heterocycles. The molecule has 3 unspecified atom stereocenters. The van der Waals surface area contributed by atoms with Gasteiger partial charge in [-0.1, -0.05) is 84.6 Å². The Morgan fingerprint density at radius 3 is 2.49 bits per heavy atom. The number of aromatic nitrogens is 4. The number of nitrogens with one attached hydrogen (secondary N) is 2. The van der Waals surface area contributed by atoms with Crippen LogP contribution in [0.25, 0.3) is 11.1 Å². The van der Waals surface area contributed by atoms with Gasteiger partial charge in [0.25, 0.3) is 0 Å². The summed E-state index contributed by atoms with van der Waals surface area (Å²) in [5.74, 6) is 0.670. The average molecular weight is 575 g/mol. The first-order chi connectivity index (χ1) is 20.0. The van der Waals surface area contributed by atoms with Crippen LogP contribution < -0.4 is 10.6 Å². The molecule has 11 heteroatoms. The molecule has 0 aliphatic carbocycles. The normalized spacial score (nSPS) is 18.7. The van der Waals surface area contributed by atoms with Gasteiger partial charge in [-0.2, -0.15) is 0 Å². The summed E-state index contributed by atoms with van der Waals surface area (Å²) >= 11 is 1.55. The Morgan fingerprint density at radius 2 is 1.78 bits per heavy atom. The minimum Gasteiger partial charge on any atom is -0.392 e. The number of aliphatic hydroxyl groups excluding tert-OH is 1. The molecule has 2 amide bonds. The summed E-state index contributed by atoms with van der Waals surface area (Å²) in [5, 5.41) is 27.6. The molecule has 3 N–H and O–H groups in total. The summed E-state index contributed by atoms with van der Waals surface area (Å²) in [7, 11) is 1.82. The van der Waals surface area contributed by atoms with E-state index in [1.807, 2.05) is 68.6 Å². The molecule has 0 bridgehead atoms. The van der Waals surface area contributed by atoms with Crippen LogP contribution >= 0.6 is 11.8 Å². The first kappa shape index (κ1) is 28.7. The van der Waals surface area contributed by atoms with Crippen molar-refractivity contribution in [2.75, 3.05) is 12.3 Å². The number of carbonyl (C=O) groups is 1. The van der Waals surface area contributed by atoms with Gasteiger partial charge in [-0.15, -0.1) is 5.10 Å². The number of nitrogens with zero attached hydrogens (tertiary/aromatic N) is 4. The summed E-state index contributed by atoms with van der Waals surface area (Å²) < 4.78 is 14.6. The van der Waals surface area contributed by atoms with E-state index in [2.05, 4.69) is 44.4 Å². The van der Waals surface area contributed by atoms with Gasteiger partial charge >= 0.3 is 6.03 Å². The van der Waals surface area contributed by atoms with Gasteiger partial charge in [-0.3, -0.25) is 0 Å². The zero-order chi connectivity index (χ0) is 28.6. The molecule has 1 aliphatic rings. The summed E-state index contributed by atoms with van der Waals surface area (Å²) in [4.78, 5) is 11.9. The van der Waals surface area contributed by atoms with Gasteiger partial charge in [0.15, 0.2) is 6.29 Å². The molecular weight excluding hydrogens is 540 g/mol. The van der Waals surface area contributed by atoms with Gasteiger partial charge in [-0.25, -0.2) is 9.48 Å². The maximum absolute atomic E-state index is 11.9. The number of hydrogen-bond donors (Lipinski definition) is 3. The number of urea groups is 1. The predicted octanol–water partition coefficient (Wildman–Crippen LogP) is 4.53. The van der Waals surface area contributed by atoms with Crippen LogP contribution in [0.3, 0.4) is 0 Å². The second kappa shape index (κ2) is 13.7. The van der Waals surface area contributed by atoms with Crippen LogP contribution in [0.15, 0.2) is 78.0 Å². The fourth-order valence-electron chi connectivity index (χ4n) is 4.71. The van der Waals surface area contributed by atoms with Gasteiger partial charge in [0, 0.05) is 37.9 Å². The third-order valence-corrected chi connectivity index (χ3v) is 8.03. The molecule has 214 valence electrons. The number of hydrogen-bond acceptors (Lipinski definition) is 8. The monoisotopic (exact) mass is 574 g/mol. The second-order valence-electron chi connectivity index (χ2n) is 9.74. The van der Waals surface area contributed by atoms with E-state index in [1.165, 1.54) is 0 Å². The van der Waals surface area contributed by atoms with E-state index in [0.29, 0.717) is 25.3 Å². The lowest BCUT2D eigenvalue weighted by molar-refractivity contribution is -0.245. The van der Waals surface area contributed by atoms with Crippen LogP contribution in [0.2, 0.25) is 0 Å². The van der Waals surface area contributed by atoms with Crippen molar-refractivity contribution in [2.24, 2.45) is 7.05 Å². The molecule has 4 aromatic rings. The van der Waals surface area contributed by atoms with Crippen LogP contribution in [-0.4, -0.2) is 49.7 Å². The molecule has 41 heavy (non-hydrogen) atoms. The maximum Gasteiger partial charge on any atom is 0.315 e. The van der Waals surface area contributed by atoms with E-state index in [4.69, 9.17) is 9.47 Å². The topological polar surface area (TPSA) is 123 Å². The van der Waals surface area contributed by atoms with Crippen molar-refractivity contribution in [3.05, 3.63) is 95.1 Å². The average Bonchev–Trinajstić information content (AvgIpc) is 3.43. The molecular formula is C30H34N6O4S. The van der Waals surface area contributed by atoms with Crippen molar-refractivity contribution < 1.29 is 19.4 Å². The van der Waals surface area contributed by atoms with Crippen molar-refractivity contribution in [3.63, 3.8) is 0 Å². The highest BCUT2D eigenvalue weighted by molar-refractivity contribution is 7.99. The van der Waals surface area contributed by atoms with Gasteiger partial charge in [0.2, 0.25) is 5.16 Å².